The number of hydrogen-bond donors (Lipinski definition) is 1. The second-order valence-electron chi connectivity index (χ2n) is 3.71. The van der Waals surface area contributed by atoms with Gasteiger partial charge in [0, 0.05) is 10.6 Å². The minimum absolute atomic E-state index is 0.0548. The number of carbonyl (C=O) groups is 1. The van der Waals surface area contributed by atoms with Crippen molar-refractivity contribution >= 4 is 39.1 Å². The van der Waals surface area contributed by atoms with E-state index < -0.39 is 17.5 Å². The normalized spacial score (nSPS) is 10.3. The lowest BCUT2D eigenvalue weighted by Crippen LogP contribution is -2.13. The third-order valence-corrected chi connectivity index (χ3v) is 3.24. The van der Waals surface area contributed by atoms with Gasteiger partial charge < -0.3 is 5.32 Å². The van der Waals surface area contributed by atoms with Crippen LogP contribution in [0.15, 0.2) is 40.9 Å². The zero-order valence-corrected chi connectivity index (χ0v) is 11.7. The van der Waals surface area contributed by atoms with Crippen molar-refractivity contribution in [1.29, 1.82) is 0 Å². The van der Waals surface area contributed by atoms with Crippen LogP contribution in [-0.4, -0.2) is 5.91 Å². The predicted octanol–water partition coefficient (Wildman–Crippen LogP) is 4.63. The minimum Gasteiger partial charge on any atom is -0.319 e. The molecule has 0 fully saturated rings. The largest absolute Gasteiger partial charge is 0.319 e. The highest BCUT2D eigenvalue weighted by Gasteiger charge is 2.11. The molecule has 19 heavy (non-hydrogen) atoms. The van der Waals surface area contributed by atoms with Gasteiger partial charge in [-0.15, -0.1) is 0 Å². The van der Waals surface area contributed by atoms with E-state index >= 15 is 0 Å². The lowest BCUT2D eigenvalue weighted by atomic mass is 10.2. The second kappa shape index (κ2) is 5.67. The molecule has 0 aliphatic heterocycles. The number of carbonyl (C=O) groups excluding carboxylic acids is 1. The summed E-state index contributed by atoms with van der Waals surface area (Å²) < 4.78 is 27.0. The Kier molecular flexibility index (Phi) is 4.17. The first kappa shape index (κ1) is 14.0. The molecule has 1 amide bonds. The molecule has 0 saturated heterocycles. The lowest BCUT2D eigenvalue weighted by molar-refractivity contribution is 0.102. The van der Waals surface area contributed by atoms with Crippen LogP contribution in [0, 0.1) is 11.6 Å². The van der Waals surface area contributed by atoms with Crippen LogP contribution in [0.3, 0.4) is 0 Å². The van der Waals surface area contributed by atoms with Gasteiger partial charge in [-0.2, -0.15) is 0 Å². The number of benzene rings is 2. The van der Waals surface area contributed by atoms with Crippen LogP contribution in [0.4, 0.5) is 14.5 Å². The molecule has 2 aromatic rings. The van der Waals surface area contributed by atoms with Crippen LogP contribution in [0.25, 0.3) is 0 Å². The molecule has 0 aliphatic carbocycles. The Morgan fingerprint density at radius 3 is 2.53 bits per heavy atom. The van der Waals surface area contributed by atoms with Crippen LogP contribution in [0.2, 0.25) is 5.02 Å². The molecule has 98 valence electrons. The first-order valence-corrected chi connectivity index (χ1v) is 6.36. The van der Waals surface area contributed by atoms with Gasteiger partial charge in [0.15, 0.2) is 0 Å². The zero-order valence-electron chi connectivity index (χ0n) is 9.38. The van der Waals surface area contributed by atoms with Gasteiger partial charge in [0.25, 0.3) is 5.91 Å². The maximum atomic E-state index is 13.4. The molecule has 0 saturated carbocycles. The summed E-state index contributed by atoms with van der Waals surface area (Å²) in [7, 11) is 0. The van der Waals surface area contributed by atoms with Crippen LogP contribution in [0.1, 0.15) is 10.4 Å². The summed E-state index contributed by atoms with van der Waals surface area (Å²) in [5.41, 5.74) is 0.0286. The molecule has 6 heteroatoms. The van der Waals surface area contributed by atoms with Crippen molar-refractivity contribution in [2.45, 2.75) is 0 Å². The Morgan fingerprint density at radius 2 is 1.84 bits per heavy atom. The Bertz CT molecular complexity index is 649. The monoisotopic (exact) mass is 345 g/mol. The van der Waals surface area contributed by atoms with E-state index in [1.807, 2.05) is 0 Å². The number of amides is 1. The minimum atomic E-state index is -0.618. The van der Waals surface area contributed by atoms with E-state index in [0.29, 0.717) is 5.02 Å². The highest BCUT2D eigenvalue weighted by Crippen LogP contribution is 2.21. The average molecular weight is 347 g/mol. The Morgan fingerprint density at radius 1 is 1.11 bits per heavy atom. The van der Waals surface area contributed by atoms with Gasteiger partial charge in [-0.3, -0.25) is 4.79 Å². The van der Waals surface area contributed by atoms with Gasteiger partial charge in [-0.25, -0.2) is 8.78 Å². The molecular formula is C13H7BrClF2NO. The fourth-order valence-corrected chi connectivity index (χ4v) is 1.84. The molecule has 0 atom stereocenters. The van der Waals surface area contributed by atoms with Crippen LogP contribution >= 0.6 is 27.5 Å². The Labute approximate surface area is 121 Å². The van der Waals surface area contributed by atoms with E-state index in [9.17, 15) is 13.6 Å². The molecule has 0 aliphatic rings. The van der Waals surface area contributed by atoms with Crippen molar-refractivity contribution in [2.24, 2.45) is 0 Å². The van der Waals surface area contributed by atoms with Gasteiger partial charge >= 0.3 is 0 Å². The summed E-state index contributed by atoms with van der Waals surface area (Å²) in [6.45, 7) is 0. The molecule has 2 nitrogen and oxygen atoms in total. The van der Waals surface area contributed by atoms with E-state index in [4.69, 9.17) is 11.6 Å². The number of anilines is 1. The predicted molar refractivity (Wildman–Crippen MR) is 73.5 cm³/mol. The first-order chi connectivity index (χ1) is 8.97. The fourth-order valence-electron chi connectivity index (χ4n) is 1.43. The first-order valence-electron chi connectivity index (χ1n) is 5.19. The highest BCUT2D eigenvalue weighted by molar-refractivity contribution is 9.10. The smallest absolute Gasteiger partial charge is 0.255 e. The molecule has 0 heterocycles. The highest BCUT2D eigenvalue weighted by atomic mass is 79.9. The number of rotatable bonds is 2. The number of nitrogens with one attached hydrogen (secondary N) is 1. The summed E-state index contributed by atoms with van der Waals surface area (Å²) in [5, 5.41) is 2.62. The molecule has 0 unspecified atom stereocenters. The van der Waals surface area contributed by atoms with Crippen LogP contribution < -0.4 is 5.32 Å². The average Bonchev–Trinajstić information content (AvgIpc) is 2.37. The van der Waals surface area contributed by atoms with Crippen molar-refractivity contribution < 1.29 is 13.6 Å². The van der Waals surface area contributed by atoms with E-state index in [0.717, 1.165) is 12.1 Å². The van der Waals surface area contributed by atoms with E-state index in [1.165, 1.54) is 24.3 Å². The molecule has 0 spiro atoms. The second-order valence-corrected chi connectivity index (χ2v) is 5.00. The van der Waals surface area contributed by atoms with Crippen LogP contribution in [-0.2, 0) is 0 Å². The summed E-state index contributed by atoms with van der Waals surface area (Å²) in [4.78, 5) is 11.8. The molecule has 0 aromatic heterocycles. The SMILES string of the molecule is O=C(Nc1cc(Cl)ccc1F)c1ccc(Br)c(F)c1. The Hall–Kier alpha value is -1.46. The molecule has 0 bridgehead atoms. The summed E-state index contributed by atoms with van der Waals surface area (Å²) in [5.74, 6) is -1.80. The Balaban J connectivity index is 2.25. The van der Waals surface area contributed by atoms with Crippen molar-refractivity contribution in [3.63, 3.8) is 0 Å². The van der Waals surface area contributed by atoms with Gasteiger partial charge in [0.05, 0.1) is 10.2 Å². The van der Waals surface area contributed by atoms with Gasteiger partial charge in [0.1, 0.15) is 11.6 Å². The zero-order chi connectivity index (χ0) is 14.0. The molecular weight excluding hydrogens is 340 g/mol. The summed E-state index contributed by atoms with van der Waals surface area (Å²) in [6.07, 6.45) is 0. The van der Waals surface area contributed by atoms with Gasteiger partial charge in [0.2, 0.25) is 0 Å². The van der Waals surface area contributed by atoms with E-state index in [1.54, 1.807) is 0 Å². The van der Waals surface area contributed by atoms with E-state index in [-0.39, 0.29) is 15.7 Å². The van der Waals surface area contributed by atoms with E-state index in [2.05, 4.69) is 21.2 Å². The van der Waals surface area contributed by atoms with Crippen molar-refractivity contribution in [2.75, 3.05) is 5.32 Å². The standard InChI is InChI=1S/C13H7BrClF2NO/c14-9-3-1-7(5-11(9)17)13(19)18-12-6-8(15)2-4-10(12)16/h1-6H,(H,18,19). The molecule has 2 rings (SSSR count). The topological polar surface area (TPSA) is 29.1 Å². The fraction of sp³-hybridized carbons (Fsp3) is 0. The third-order valence-electron chi connectivity index (χ3n) is 2.36. The summed E-state index contributed by atoms with van der Waals surface area (Å²) >= 11 is 8.69. The van der Waals surface area contributed by atoms with Crippen molar-refractivity contribution in [1.82, 2.24) is 0 Å². The maximum Gasteiger partial charge on any atom is 0.255 e. The van der Waals surface area contributed by atoms with Gasteiger partial charge in [-0.05, 0) is 52.3 Å². The third kappa shape index (κ3) is 3.30. The molecule has 2 aromatic carbocycles. The van der Waals surface area contributed by atoms with Crippen molar-refractivity contribution in [3.8, 4) is 0 Å². The van der Waals surface area contributed by atoms with Crippen LogP contribution in [0.5, 0.6) is 0 Å². The maximum absolute atomic E-state index is 13.4. The molecule has 1 N–H and O–H groups in total. The number of halogens is 4. The van der Waals surface area contributed by atoms with Crippen molar-refractivity contribution in [3.05, 3.63) is 63.1 Å². The summed E-state index contributed by atoms with van der Waals surface area (Å²) in [6, 6.07) is 7.67. The quantitative estimate of drug-likeness (QED) is 0.844. The lowest BCUT2D eigenvalue weighted by Gasteiger charge is -2.07. The van der Waals surface area contributed by atoms with Gasteiger partial charge in [-0.1, -0.05) is 11.6 Å². The number of hydrogen-bond acceptors (Lipinski definition) is 1. The molecule has 0 radical (unpaired) electrons.